The number of hydrogen-bond acceptors (Lipinski definition) is 1. The lowest BCUT2D eigenvalue weighted by Gasteiger charge is -2.60. The van der Waals surface area contributed by atoms with E-state index < -0.39 is 5.60 Å². The third-order valence-electron chi connectivity index (χ3n) is 9.92. The first kappa shape index (κ1) is 18.7. The van der Waals surface area contributed by atoms with Crippen LogP contribution in [0.5, 0.6) is 0 Å². The molecule has 0 unspecified atom stereocenters. The largest absolute Gasteiger partial charge is 0.377 e. The average Bonchev–Trinajstić information content (AvgIpc) is 2.98. The zero-order chi connectivity index (χ0) is 19.4. The molecule has 0 spiro atoms. The predicted octanol–water partition coefficient (Wildman–Crippen LogP) is 6.20. The second-order valence-electron chi connectivity index (χ2n) is 10.9. The molecular weight excluding hydrogens is 340 g/mol. The highest BCUT2D eigenvalue weighted by atomic mass is 16.3. The number of rotatable bonds is 0. The van der Waals surface area contributed by atoms with Gasteiger partial charge in [0.1, 0.15) is 5.60 Å². The zero-order valence-electron chi connectivity index (χ0n) is 17.7. The number of benzene rings is 1. The average molecular weight is 377 g/mol. The molecule has 4 aliphatic rings. The van der Waals surface area contributed by atoms with E-state index in [1.807, 2.05) is 30.3 Å². The van der Waals surface area contributed by atoms with E-state index in [-0.39, 0.29) is 5.41 Å². The summed E-state index contributed by atoms with van der Waals surface area (Å²) in [6, 6.07) is 10.2. The molecule has 28 heavy (non-hydrogen) atoms. The van der Waals surface area contributed by atoms with E-state index in [9.17, 15) is 5.11 Å². The summed E-state index contributed by atoms with van der Waals surface area (Å²) < 4.78 is 0. The van der Waals surface area contributed by atoms with Crippen molar-refractivity contribution in [2.24, 2.45) is 34.5 Å². The molecule has 1 heteroatoms. The molecule has 0 aromatic heterocycles. The molecule has 0 radical (unpaired) electrons. The summed E-state index contributed by atoms with van der Waals surface area (Å²) in [4.78, 5) is 0. The van der Waals surface area contributed by atoms with Crippen molar-refractivity contribution < 1.29 is 5.11 Å². The van der Waals surface area contributed by atoms with Crippen molar-refractivity contribution in [1.82, 2.24) is 0 Å². The minimum absolute atomic E-state index is 0.0339. The van der Waals surface area contributed by atoms with Crippen molar-refractivity contribution in [2.75, 3.05) is 0 Å². The minimum atomic E-state index is -0.817. The molecule has 150 valence electrons. The van der Waals surface area contributed by atoms with Gasteiger partial charge in [-0.15, -0.1) is 0 Å². The number of hydrogen-bond donors (Lipinski definition) is 1. The molecule has 1 N–H and O–H groups in total. The van der Waals surface area contributed by atoms with Gasteiger partial charge in [0.15, 0.2) is 0 Å². The van der Waals surface area contributed by atoms with Crippen molar-refractivity contribution in [1.29, 1.82) is 0 Å². The summed E-state index contributed by atoms with van der Waals surface area (Å²) in [5.74, 6) is 10.0. The van der Waals surface area contributed by atoms with E-state index in [0.717, 1.165) is 36.2 Å². The molecule has 5 rings (SSSR count). The van der Waals surface area contributed by atoms with Crippen LogP contribution in [0, 0.1) is 46.3 Å². The van der Waals surface area contributed by atoms with Gasteiger partial charge in [0.2, 0.25) is 0 Å². The van der Waals surface area contributed by atoms with E-state index in [2.05, 4.69) is 25.7 Å². The monoisotopic (exact) mass is 376 g/mol. The normalized spacial score (nSPS) is 47.2. The molecule has 4 saturated carbocycles. The summed E-state index contributed by atoms with van der Waals surface area (Å²) in [5.41, 5.74) is 0.738. The van der Waals surface area contributed by atoms with Crippen LogP contribution in [0.4, 0.5) is 0 Å². The first-order valence-electron chi connectivity index (χ1n) is 11.8. The van der Waals surface area contributed by atoms with Crippen LogP contribution >= 0.6 is 0 Å². The van der Waals surface area contributed by atoms with E-state index in [4.69, 9.17) is 0 Å². The van der Waals surface area contributed by atoms with Crippen molar-refractivity contribution >= 4 is 0 Å². The smallest absolute Gasteiger partial charge is 0.131 e. The van der Waals surface area contributed by atoms with Gasteiger partial charge in [0, 0.05) is 11.0 Å². The molecule has 1 nitrogen and oxygen atoms in total. The van der Waals surface area contributed by atoms with Crippen LogP contribution in [-0.4, -0.2) is 10.7 Å². The maximum atomic E-state index is 11.7. The molecule has 4 fully saturated rings. The first-order valence-corrected chi connectivity index (χ1v) is 11.8. The van der Waals surface area contributed by atoms with Gasteiger partial charge in [0.05, 0.1) is 0 Å². The Labute approximate surface area is 171 Å². The van der Waals surface area contributed by atoms with Crippen molar-refractivity contribution in [2.45, 2.75) is 83.7 Å². The Morgan fingerprint density at radius 2 is 1.64 bits per heavy atom. The molecule has 0 heterocycles. The summed E-state index contributed by atoms with van der Waals surface area (Å²) in [6.45, 7) is 5.00. The van der Waals surface area contributed by atoms with Gasteiger partial charge in [-0.2, -0.15) is 0 Å². The molecule has 1 aromatic rings. The molecule has 7 atom stereocenters. The van der Waals surface area contributed by atoms with Crippen LogP contribution in [0.3, 0.4) is 0 Å². The highest BCUT2D eigenvalue weighted by Gasteiger charge is 2.64. The molecule has 0 amide bonds. The molecule has 0 aliphatic heterocycles. The first-order chi connectivity index (χ1) is 13.5. The standard InChI is InChI=1S/C27H36O/c1-25-16-7-6-10-21(25)11-12-22-23(25)14-17-26(2)24(22)15-19-27(26,28)18-13-20-8-4-3-5-9-20/h3-5,8-9,21-24,28H,6-7,10-12,14-17,19H2,1-2H3/t21-,22-,23+,24+,25+,26+,27-/m1/s1. The number of fused-ring (bicyclic) bond motifs is 5. The van der Waals surface area contributed by atoms with E-state index >= 15 is 0 Å². The lowest BCUT2D eigenvalue weighted by Crippen LogP contribution is -2.55. The van der Waals surface area contributed by atoms with Gasteiger partial charge in [-0.05, 0) is 92.6 Å². The van der Waals surface area contributed by atoms with Gasteiger partial charge >= 0.3 is 0 Å². The maximum absolute atomic E-state index is 11.7. The fraction of sp³-hybridized carbons (Fsp3) is 0.704. The SMILES string of the molecule is C[C@]12CCCC[C@@H]1CC[C@@H]1[C@@H]2CC[C@@]2(C)[C@H]1CC[C@]2(O)C#Cc1ccccc1. The van der Waals surface area contributed by atoms with E-state index in [1.54, 1.807) is 0 Å². The van der Waals surface area contributed by atoms with E-state index in [1.165, 1.54) is 51.4 Å². The predicted molar refractivity (Wildman–Crippen MR) is 115 cm³/mol. The maximum Gasteiger partial charge on any atom is 0.131 e. The minimum Gasteiger partial charge on any atom is -0.377 e. The number of aliphatic hydroxyl groups is 1. The second-order valence-corrected chi connectivity index (χ2v) is 10.9. The highest BCUT2D eigenvalue weighted by Crippen LogP contribution is 2.68. The van der Waals surface area contributed by atoms with Crippen LogP contribution < -0.4 is 0 Å². The third kappa shape index (κ3) is 2.64. The molecule has 1 aromatic carbocycles. The van der Waals surface area contributed by atoms with Crippen molar-refractivity contribution in [3.63, 3.8) is 0 Å². The Morgan fingerprint density at radius 1 is 0.857 bits per heavy atom. The van der Waals surface area contributed by atoms with Gasteiger partial charge in [-0.25, -0.2) is 0 Å². The van der Waals surface area contributed by atoms with Crippen LogP contribution in [0.15, 0.2) is 30.3 Å². The Balaban J connectivity index is 1.43. The summed E-state index contributed by atoms with van der Waals surface area (Å²) in [7, 11) is 0. The van der Waals surface area contributed by atoms with Gasteiger partial charge in [-0.3, -0.25) is 0 Å². The van der Waals surface area contributed by atoms with Crippen LogP contribution in [0.1, 0.15) is 83.6 Å². The van der Waals surface area contributed by atoms with Crippen molar-refractivity contribution in [3.8, 4) is 11.8 Å². The molecule has 0 saturated heterocycles. The fourth-order valence-electron chi connectivity index (χ4n) is 8.21. The van der Waals surface area contributed by atoms with Crippen molar-refractivity contribution in [3.05, 3.63) is 35.9 Å². The summed E-state index contributed by atoms with van der Waals surface area (Å²) in [6.07, 6.45) is 13.1. The molecular formula is C27H36O. The third-order valence-corrected chi connectivity index (χ3v) is 9.92. The Bertz CT molecular complexity index is 787. The highest BCUT2D eigenvalue weighted by molar-refractivity contribution is 5.38. The van der Waals surface area contributed by atoms with Crippen LogP contribution in [0.2, 0.25) is 0 Å². The van der Waals surface area contributed by atoms with Gasteiger partial charge in [0.25, 0.3) is 0 Å². The molecule has 0 bridgehead atoms. The fourth-order valence-corrected chi connectivity index (χ4v) is 8.21. The second kappa shape index (κ2) is 6.63. The zero-order valence-corrected chi connectivity index (χ0v) is 17.7. The topological polar surface area (TPSA) is 20.2 Å². The lowest BCUT2D eigenvalue weighted by atomic mass is 9.44. The van der Waals surface area contributed by atoms with Crippen LogP contribution in [0.25, 0.3) is 0 Å². The Morgan fingerprint density at radius 3 is 2.46 bits per heavy atom. The Hall–Kier alpha value is -1.26. The summed E-state index contributed by atoms with van der Waals surface area (Å²) in [5, 5.41) is 11.7. The summed E-state index contributed by atoms with van der Waals surface area (Å²) >= 11 is 0. The quantitative estimate of drug-likeness (QED) is 0.534. The lowest BCUT2D eigenvalue weighted by molar-refractivity contribution is -0.134. The Kier molecular flexibility index (Phi) is 4.44. The molecule has 4 aliphatic carbocycles. The van der Waals surface area contributed by atoms with Gasteiger partial charge in [-0.1, -0.05) is 56.7 Å². The van der Waals surface area contributed by atoms with Gasteiger partial charge < -0.3 is 5.11 Å². The van der Waals surface area contributed by atoms with Crippen LogP contribution in [-0.2, 0) is 0 Å². The van der Waals surface area contributed by atoms with E-state index in [0.29, 0.717) is 11.3 Å².